The van der Waals surface area contributed by atoms with Crippen molar-refractivity contribution in [2.75, 3.05) is 0 Å². The molecule has 19 heavy (non-hydrogen) atoms. The molecule has 0 aromatic heterocycles. The molecule has 1 atom stereocenters. The Morgan fingerprint density at radius 1 is 0.789 bits per heavy atom. The van der Waals surface area contributed by atoms with E-state index in [9.17, 15) is 43.9 Å². The van der Waals surface area contributed by atoms with Crippen LogP contribution in [0, 0.1) is 5.92 Å². The lowest BCUT2D eigenvalue weighted by Gasteiger charge is -2.31. The van der Waals surface area contributed by atoms with Crippen LogP contribution in [0.3, 0.4) is 0 Å². The Balaban J connectivity index is 5.18. The zero-order valence-electron chi connectivity index (χ0n) is 9.34. The zero-order chi connectivity index (χ0) is 15.9. The molecule has 0 aliphatic rings. The minimum absolute atomic E-state index is 0.635. The fraction of sp³-hybridized carbons (Fsp3) is 1.00. The average molecular weight is 310 g/mol. The fourth-order valence-corrected chi connectivity index (χ4v) is 0.710. The van der Waals surface area contributed by atoms with Gasteiger partial charge in [0.25, 0.3) is 6.36 Å². The van der Waals surface area contributed by atoms with Crippen molar-refractivity contribution in [2.45, 2.75) is 44.3 Å². The molecule has 1 nitrogen and oxygen atoms in total. The highest BCUT2D eigenvalue weighted by Gasteiger charge is 2.76. The molecule has 0 N–H and O–H groups in total. The predicted octanol–water partition coefficient (Wildman–Crippen LogP) is 4.38. The topological polar surface area (TPSA) is 9.23 Å². The first-order valence-corrected chi connectivity index (χ1v) is 4.59. The second kappa shape index (κ2) is 4.98. The van der Waals surface area contributed by atoms with E-state index in [1.807, 2.05) is 0 Å². The number of hydrogen-bond donors (Lipinski definition) is 0. The Kier molecular flexibility index (Phi) is 4.79. The van der Waals surface area contributed by atoms with E-state index < -0.39 is 36.4 Å². The van der Waals surface area contributed by atoms with Gasteiger partial charge in [-0.05, 0) is 0 Å². The maximum atomic E-state index is 12.8. The largest absolute Gasteiger partial charge is 0.462 e. The molecule has 0 saturated carbocycles. The van der Waals surface area contributed by atoms with Gasteiger partial charge in [0, 0.05) is 5.92 Å². The first-order valence-electron chi connectivity index (χ1n) is 4.59. The summed E-state index contributed by atoms with van der Waals surface area (Å²) in [4.78, 5) is 0. The van der Waals surface area contributed by atoms with E-state index in [0.717, 1.165) is 0 Å². The van der Waals surface area contributed by atoms with Gasteiger partial charge in [-0.15, -0.1) is 0 Å². The van der Waals surface area contributed by atoms with Crippen molar-refractivity contribution in [2.24, 2.45) is 5.92 Å². The summed E-state index contributed by atoms with van der Waals surface area (Å²) in [6, 6.07) is 0. The maximum absolute atomic E-state index is 12.8. The number of ether oxygens (including phenoxy) is 1. The van der Waals surface area contributed by atoms with Gasteiger partial charge in [0.05, 0.1) is 0 Å². The molecule has 11 heteroatoms. The second-order valence-electron chi connectivity index (χ2n) is 3.85. The third-order valence-electron chi connectivity index (χ3n) is 2.05. The zero-order valence-corrected chi connectivity index (χ0v) is 9.34. The second-order valence-corrected chi connectivity index (χ2v) is 3.85. The monoisotopic (exact) mass is 310 g/mol. The van der Waals surface area contributed by atoms with Crippen molar-refractivity contribution in [1.29, 1.82) is 0 Å². The van der Waals surface area contributed by atoms with E-state index in [2.05, 4.69) is 4.74 Å². The van der Waals surface area contributed by atoms with Crippen molar-refractivity contribution in [3.05, 3.63) is 0 Å². The van der Waals surface area contributed by atoms with Crippen LogP contribution in [0.2, 0.25) is 0 Å². The maximum Gasteiger partial charge on any atom is 0.462 e. The van der Waals surface area contributed by atoms with Crippen molar-refractivity contribution < 1.29 is 48.6 Å². The molecule has 0 amide bonds. The molecule has 0 heterocycles. The Morgan fingerprint density at radius 2 is 1.16 bits per heavy atom. The summed E-state index contributed by atoms with van der Waals surface area (Å²) in [6.07, 6.45) is -17.6. The molecular formula is C8H8F10O. The molecule has 0 spiro atoms. The van der Waals surface area contributed by atoms with Crippen molar-refractivity contribution in [3.8, 4) is 0 Å². The Bertz CT molecular complexity index is 307. The number of halogens is 10. The fourth-order valence-electron chi connectivity index (χ4n) is 0.710. The normalized spacial score (nSPS) is 16.9. The van der Waals surface area contributed by atoms with Gasteiger partial charge < -0.3 is 0 Å². The van der Waals surface area contributed by atoms with Crippen LogP contribution in [0.4, 0.5) is 43.9 Å². The molecule has 0 aliphatic carbocycles. The molecule has 0 aromatic rings. The van der Waals surface area contributed by atoms with Gasteiger partial charge >= 0.3 is 24.1 Å². The Morgan fingerprint density at radius 3 is 1.42 bits per heavy atom. The molecular weight excluding hydrogens is 302 g/mol. The van der Waals surface area contributed by atoms with Crippen LogP contribution in [0.15, 0.2) is 0 Å². The van der Waals surface area contributed by atoms with Crippen LogP contribution < -0.4 is 0 Å². The molecule has 116 valence electrons. The highest BCUT2D eigenvalue weighted by atomic mass is 19.4. The summed E-state index contributed by atoms with van der Waals surface area (Å²) in [6.45, 7) is 1.27. The number of rotatable bonds is 5. The van der Waals surface area contributed by atoms with E-state index in [-0.39, 0.29) is 0 Å². The van der Waals surface area contributed by atoms with Crippen molar-refractivity contribution >= 4 is 0 Å². The minimum Gasteiger partial charge on any atom is -0.274 e. The van der Waals surface area contributed by atoms with E-state index in [1.54, 1.807) is 0 Å². The van der Waals surface area contributed by atoms with Gasteiger partial charge in [-0.25, -0.2) is 13.2 Å². The van der Waals surface area contributed by atoms with Crippen LogP contribution in [-0.2, 0) is 4.74 Å². The van der Waals surface area contributed by atoms with E-state index in [0.29, 0.717) is 13.8 Å². The van der Waals surface area contributed by atoms with Gasteiger partial charge in [-0.1, -0.05) is 13.8 Å². The summed E-state index contributed by atoms with van der Waals surface area (Å²) >= 11 is 0. The van der Waals surface area contributed by atoms with Gasteiger partial charge in [0.1, 0.15) is 0 Å². The van der Waals surface area contributed by atoms with Crippen LogP contribution in [0.5, 0.6) is 0 Å². The van der Waals surface area contributed by atoms with Gasteiger partial charge in [-0.3, -0.25) is 4.74 Å². The van der Waals surface area contributed by atoms with Crippen LogP contribution in [0.1, 0.15) is 13.8 Å². The van der Waals surface area contributed by atoms with E-state index in [4.69, 9.17) is 0 Å². The van der Waals surface area contributed by atoms with E-state index >= 15 is 0 Å². The van der Waals surface area contributed by atoms with Gasteiger partial charge in [0.2, 0.25) is 0 Å². The van der Waals surface area contributed by atoms with Gasteiger partial charge in [-0.2, -0.15) is 30.7 Å². The quantitative estimate of drug-likeness (QED) is 0.685. The molecule has 0 aliphatic heterocycles. The summed E-state index contributed by atoms with van der Waals surface area (Å²) < 4.78 is 125. The Labute approximate surface area is 100 Å². The molecule has 0 bridgehead atoms. The molecule has 0 saturated heterocycles. The first kappa shape index (κ1) is 18.3. The molecule has 0 rings (SSSR count). The third-order valence-corrected chi connectivity index (χ3v) is 2.05. The van der Waals surface area contributed by atoms with Crippen molar-refractivity contribution in [1.82, 2.24) is 0 Å². The Hall–Kier alpha value is -0.740. The third kappa shape index (κ3) is 3.42. The van der Waals surface area contributed by atoms with Crippen LogP contribution in [0.25, 0.3) is 0 Å². The smallest absolute Gasteiger partial charge is 0.274 e. The first-order chi connectivity index (χ1) is 8.07. The standard InChI is InChI=1S/C8H8F10O/c1-3(2)5(10,11)4(9)19-8(17,18)6(12,13)7(14,15)16/h3-4H,1-2H3. The highest BCUT2D eigenvalue weighted by molar-refractivity contribution is 4.86. The summed E-state index contributed by atoms with van der Waals surface area (Å²) in [5, 5.41) is 0. The van der Waals surface area contributed by atoms with E-state index in [1.165, 1.54) is 0 Å². The summed E-state index contributed by atoms with van der Waals surface area (Å²) in [7, 11) is 0. The highest BCUT2D eigenvalue weighted by Crippen LogP contribution is 2.48. The number of alkyl halides is 10. The molecule has 0 fully saturated rings. The average Bonchev–Trinajstić information content (AvgIpc) is 2.14. The van der Waals surface area contributed by atoms with Crippen molar-refractivity contribution in [3.63, 3.8) is 0 Å². The van der Waals surface area contributed by atoms with Crippen LogP contribution in [-0.4, -0.2) is 30.5 Å². The lowest BCUT2D eigenvalue weighted by Crippen LogP contribution is -2.56. The SMILES string of the molecule is CC(C)C(F)(F)C(F)OC(F)(F)C(F)(F)C(F)(F)F. The molecule has 0 aromatic carbocycles. The molecule has 0 radical (unpaired) electrons. The summed E-state index contributed by atoms with van der Waals surface area (Å²) in [5.41, 5.74) is 0. The lowest BCUT2D eigenvalue weighted by atomic mass is 10.1. The van der Waals surface area contributed by atoms with Crippen LogP contribution >= 0.6 is 0 Å². The summed E-state index contributed by atoms with van der Waals surface area (Å²) in [5.74, 6) is -13.4. The molecule has 1 unspecified atom stereocenters. The number of hydrogen-bond acceptors (Lipinski definition) is 1. The van der Waals surface area contributed by atoms with Gasteiger partial charge in [0.15, 0.2) is 0 Å². The minimum atomic E-state index is -6.81. The lowest BCUT2D eigenvalue weighted by molar-refractivity contribution is -0.451. The predicted molar refractivity (Wildman–Crippen MR) is 41.7 cm³/mol.